The van der Waals surface area contributed by atoms with Gasteiger partial charge >= 0.3 is 6.09 Å². The fourth-order valence-electron chi connectivity index (χ4n) is 2.41. The van der Waals surface area contributed by atoms with Gasteiger partial charge in [-0.2, -0.15) is 0 Å². The van der Waals surface area contributed by atoms with Gasteiger partial charge in [0.15, 0.2) is 0 Å². The number of para-hydroxylation sites is 1. The van der Waals surface area contributed by atoms with Crippen molar-refractivity contribution in [2.45, 2.75) is 26.4 Å². The number of ether oxygens (including phenoxy) is 2. The first-order chi connectivity index (χ1) is 11.8. The van der Waals surface area contributed by atoms with E-state index in [-0.39, 0.29) is 11.5 Å². The molecular weight excluding hydrogens is 322 g/mol. The van der Waals surface area contributed by atoms with Crippen LogP contribution >= 0.6 is 0 Å². The molecule has 0 saturated carbocycles. The summed E-state index contributed by atoms with van der Waals surface area (Å²) in [5.74, 6) is -0.784. The fourth-order valence-corrected chi connectivity index (χ4v) is 2.41. The molecule has 0 unspecified atom stereocenters. The van der Waals surface area contributed by atoms with E-state index in [9.17, 15) is 14.4 Å². The zero-order valence-corrected chi connectivity index (χ0v) is 14.1. The lowest BCUT2D eigenvalue weighted by molar-refractivity contribution is -0.111. The molecule has 1 aliphatic rings. The molecule has 1 aliphatic carbocycles. The van der Waals surface area contributed by atoms with Crippen molar-refractivity contribution >= 4 is 23.4 Å². The summed E-state index contributed by atoms with van der Waals surface area (Å²) in [6.07, 6.45) is 1.81. The highest BCUT2D eigenvalue weighted by atomic mass is 16.6. The predicted octanol–water partition coefficient (Wildman–Crippen LogP) is 3.46. The third-order valence-electron chi connectivity index (χ3n) is 3.41. The summed E-state index contributed by atoms with van der Waals surface area (Å²) in [6.45, 7) is 5.16. The van der Waals surface area contributed by atoms with Crippen LogP contribution in [0.4, 0.5) is 4.79 Å². The van der Waals surface area contributed by atoms with Crippen molar-refractivity contribution in [2.24, 2.45) is 0 Å². The monoisotopic (exact) mass is 339 g/mol. The Morgan fingerprint density at radius 2 is 1.72 bits per heavy atom. The molecule has 1 aromatic heterocycles. The number of hydrogen-bond donors (Lipinski definition) is 0. The van der Waals surface area contributed by atoms with Gasteiger partial charge in [0.25, 0.3) is 5.78 Å². The Morgan fingerprint density at radius 3 is 2.36 bits per heavy atom. The highest BCUT2D eigenvalue weighted by Gasteiger charge is 2.33. The predicted molar refractivity (Wildman–Crippen MR) is 90.4 cm³/mol. The molecule has 0 aliphatic heterocycles. The molecule has 0 atom stereocenters. The number of ketones is 2. The first-order valence-electron chi connectivity index (χ1n) is 7.74. The molecule has 0 bridgehead atoms. The van der Waals surface area contributed by atoms with Gasteiger partial charge in [0.2, 0.25) is 5.78 Å². The largest absolute Gasteiger partial charge is 0.457 e. The average molecular weight is 339 g/mol. The molecule has 0 radical (unpaired) electrons. The molecule has 128 valence electrons. The molecule has 25 heavy (non-hydrogen) atoms. The summed E-state index contributed by atoms with van der Waals surface area (Å²) in [5.41, 5.74) is -0.401. The minimum Gasteiger partial charge on any atom is -0.457 e. The lowest BCUT2D eigenvalue weighted by Crippen LogP contribution is -2.31. The summed E-state index contributed by atoms with van der Waals surface area (Å²) in [6, 6.07) is 10.4. The van der Waals surface area contributed by atoms with E-state index in [0.29, 0.717) is 11.3 Å². The minimum absolute atomic E-state index is 0.0484. The number of rotatable bonds is 2. The van der Waals surface area contributed by atoms with Crippen LogP contribution in [0, 0.1) is 0 Å². The smallest absolute Gasteiger partial charge is 0.419 e. The van der Waals surface area contributed by atoms with Crippen LogP contribution in [0.15, 0.2) is 48.7 Å². The molecule has 2 aromatic rings. The van der Waals surface area contributed by atoms with Gasteiger partial charge in [-0.1, -0.05) is 18.2 Å². The minimum atomic E-state index is -0.772. The molecule has 0 saturated heterocycles. The summed E-state index contributed by atoms with van der Waals surface area (Å²) in [7, 11) is 0. The van der Waals surface area contributed by atoms with Crippen molar-refractivity contribution < 1.29 is 23.9 Å². The van der Waals surface area contributed by atoms with Crippen molar-refractivity contribution in [3.63, 3.8) is 0 Å². The highest BCUT2D eigenvalue weighted by Crippen LogP contribution is 2.29. The van der Waals surface area contributed by atoms with Crippen LogP contribution in [0.5, 0.6) is 5.75 Å². The average Bonchev–Trinajstić information content (AvgIpc) is 2.97. The molecule has 3 rings (SSSR count). The lowest BCUT2D eigenvalue weighted by atomic mass is 10.0. The molecule has 0 N–H and O–H groups in total. The maximum atomic E-state index is 12.3. The zero-order chi connectivity index (χ0) is 18.2. The van der Waals surface area contributed by atoms with E-state index in [2.05, 4.69) is 0 Å². The van der Waals surface area contributed by atoms with Gasteiger partial charge in [-0.15, -0.1) is 0 Å². The second-order valence-electron chi connectivity index (χ2n) is 6.55. The third-order valence-corrected chi connectivity index (χ3v) is 3.41. The van der Waals surface area contributed by atoms with Crippen molar-refractivity contribution in [2.75, 3.05) is 0 Å². The van der Waals surface area contributed by atoms with Gasteiger partial charge in [-0.3, -0.25) is 9.59 Å². The standard InChI is InChI=1S/C19H17NO5/c1-19(2,3)25-18(23)20-10-9-13-15(11-14(21)17(22)16(13)20)24-12-7-5-4-6-8-12/h4-11H,1-3H3. The quantitative estimate of drug-likeness (QED) is 0.783. The Balaban J connectivity index is 2.00. The van der Waals surface area contributed by atoms with Crippen LogP contribution in [-0.4, -0.2) is 27.8 Å². The van der Waals surface area contributed by atoms with E-state index >= 15 is 0 Å². The van der Waals surface area contributed by atoms with E-state index < -0.39 is 23.3 Å². The summed E-state index contributed by atoms with van der Waals surface area (Å²) < 4.78 is 12.0. The van der Waals surface area contributed by atoms with E-state index in [1.165, 1.54) is 6.20 Å². The summed E-state index contributed by atoms with van der Waals surface area (Å²) >= 11 is 0. The van der Waals surface area contributed by atoms with E-state index in [1.807, 2.05) is 6.07 Å². The van der Waals surface area contributed by atoms with E-state index in [4.69, 9.17) is 9.47 Å². The number of fused-ring (bicyclic) bond motifs is 1. The van der Waals surface area contributed by atoms with Crippen LogP contribution < -0.4 is 4.74 Å². The molecule has 0 amide bonds. The summed E-state index contributed by atoms with van der Waals surface area (Å²) in [4.78, 5) is 36.7. The first-order valence-corrected chi connectivity index (χ1v) is 7.74. The van der Waals surface area contributed by atoms with Crippen molar-refractivity contribution in [1.29, 1.82) is 0 Å². The van der Waals surface area contributed by atoms with Crippen LogP contribution in [0.25, 0.3) is 5.76 Å². The van der Waals surface area contributed by atoms with Gasteiger partial charge in [-0.25, -0.2) is 9.36 Å². The van der Waals surface area contributed by atoms with Gasteiger partial charge in [0, 0.05) is 17.8 Å². The molecule has 1 aromatic carbocycles. The van der Waals surface area contributed by atoms with Crippen molar-refractivity contribution in [3.05, 3.63) is 59.9 Å². The number of carbonyl (C=O) groups excluding carboxylic acids is 3. The Hall–Kier alpha value is -3.15. The molecule has 0 spiro atoms. The van der Waals surface area contributed by atoms with E-state index in [1.54, 1.807) is 51.1 Å². The number of hydrogen-bond acceptors (Lipinski definition) is 5. The first kappa shape index (κ1) is 16.7. The SMILES string of the molecule is CC(C)(C)OC(=O)n1ccc2c1C(=O)C(=O)C=C2Oc1ccccc1. The molecule has 6 heteroatoms. The number of carbonyl (C=O) groups is 3. The second kappa shape index (κ2) is 6.05. The van der Waals surface area contributed by atoms with Crippen LogP contribution in [0.2, 0.25) is 0 Å². The number of benzene rings is 1. The highest BCUT2D eigenvalue weighted by molar-refractivity contribution is 6.50. The topological polar surface area (TPSA) is 74.6 Å². The second-order valence-corrected chi connectivity index (χ2v) is 6.55. The normalized spacial score (nSPS) is 14.0. The van der Waals surface area contributed by atoms with Crippen LogP contribution in [-0.2, 0) is 9.53 Å². The maximum Gasteiger partial charge on any atom is 0.419 e. The van der Waals surface area contributed by atoms with Crippen molar-refractivity contribution in [3.8, 4) is 5.75 Å². The van der Waals surface area contributed by atoms with Crippen molar-refractivity contribution in [1.82, 2.24) is 4.57 Å². The lowest BCUT2D eigenvalue weighted by Gasteiger charge is -2.21. The number of Topliss-reactive ketones (excluding diaryl/α,β-unsaturated/α-hetero) is 1. The number of allylic oxidation sites excluding steroid dienone is 1. The summed E-state index contributed by atoms with van der Waals surface area (Å²) in [5, 5.41) is 0. The maximum absolute atomic E-state index is 12.3. The number of aromatic nitrogens is 1. The molecule has 0 fully saturated rings. The van der Waals surface area contributed by atoms with Gasteiger partial charge in [0.1, 0.15) is 22.8 Å². The van der Waals surface area contributed by atoms with Gasteiger partial charge < -0.3 is 9.47 Å². The molecular formula is C19H17NO5. The Labute approximate surface area is 144 Å². The van der Waals surface area contributed by atoms with Gasteiger partial charge in [0.05, 0.1) is 0 Å². The Kier molecular flexibility index (Phi) is 4.04. The van der Waals surface area contributed by atoms with Gasteiger partial charge in [-0.05, 0) is 39.0 Å². The fraction of sp³-hybridized carbons (Fsp3) is 0.211. The molecule has 1 heterocycles. The van der Waals surface area contributed by atoms with Crippen LogP contribution in [0.3, 0.4) is 0 Å². The third kappa shape index (κ3) is 3.38. The van der Waals surface area contributed by atoms with Crippen LogP contribution in [0.1, 0.15) is 36.8 Å². The Bertz CT molecular complexity index is 884. The Morgan fingerprint density at radius 1 is 1.04 bits per heavy atom. The number of nitrogens with zero attached hydrogens (tertiary/aromatic N) is 1. The zero-order valence-electron chi connectivity index (χ0n) is 14.1. The molecule has 6 nitrogen and oxygen atoms in total. The van der Waals surface area contributed by atoms with E-state index in [0.717, 1.165) is 10.6 Å².